The highest BCUT2D eigenvalue weighted by molar-refractivity contribution is 5.62. The van der Waals surface area contributed by atoms with Gasteiger partial charge in [-0.2, -0.15) is 0 Å². The molecule has 0 saturated heterocycles. The first-order chi connectivity index (χ1) is 12.3. The Morgan fingerprint density at radius 3 is 1.38 bits per heavy atom. The highest BCUT2D eigenvalue weighted by Gasteiger charge is 2.27. The van der Waals surface area contributed by atoms with Crippen LogP contribution in [0.2, 0.25) is 0 Å². The van der Waals surface area contributed by atoms with Crippen LogP contribution in [0.25, 0.3) is 0 Å². The van der Waals surface area contributed by atoms with Gasteiger partial charge in [0.1, 0.15) is 0 Å². The molecule has 3 nitrogen and oxygen atoms in total. The summed E-state index contributed by atoms with van der Waals surface area (Å²) >= 11 is 0. The highest BCUT2D eigenvalue weighted by atomic mass is 16.7. The molecule has 0 amide bonds. The second kappa shape index (κ2) is 8.28. The monoisotopic (exact) mass is 346 g/mol. The maximum Gasteiger partial charge on any atom is 0.511 e. The van der Waals surface area contributed by atoms with Crippen LogP contribution < -0.4 is 0 Å². The van der Waals surface area contributed by atoms with Crippen LogP contribution in [0, 0.1) is 23.7 Å². The van der Waals surface area contributed by atoms with Crippen molar-refractivity contribution in [2.24, 2.45) is 0 Å². The molecule has 0 radical (unpaired) electrons. The molecular formula is C23H22O3. The first-order valence-electron chi connectivity index (χ1n) is 8.34. The summed E-state index contributed by atoms with van der Waals surface area (Å²) in [6.45, 7) is 6.86. The molecule has 0 fully saturated rings. The third kappa shape index (κ3) is 6.75. The number of hydrogen-bond acceptors (Lipinski definition) is 3. The second-order valence-corrected chi connectivity index (χ2v) is 6.71. The van der Waals surface area contributed by atoms with E-state index in [2.05, 4.69) is 23.7 Å². The zero-order valence-electron chi connectivity index (χ0n) is 15.5. The quantitative estimate of drug-likeness (QED) is 0.579. The number of carbonyl (C=O) groups is 1. The van der Waals surface area contributed by atoms with Crippen molar-refractivity contribution in [3.63, 3.8) is 0 Å². The van der Waals surface area contributed by atoms with E-state index in [1.54, 1.807) is 27.7 Å². The first-order valence-corrected chi connectivity index (χ1v) is 8.34. The van der Waals surface area contributed by atoms with Gasteiger partial charge in [-0.1, -0.05) is 60.1 Å². The second-order valence-electron chi connectivity index (χ2n) is 6.71. The summed E-state index contributed by atoms with van der Waals surface area (Å²) in [7, 11) is 0. The van der Waals surface area contributed by atoms with Crippen molar-refractivity contribution >= 4 is 6.16 Å². The molecule has 0 unspecified atom stereocenters. The lowest BCUT2D eigenvalue weighted by molar-refractivity contribution is -0.0230. The Morgan fingerprint density at radius 2 is 1.04 bits per heavy atom. The Kier molecular flexibility index (Phi) is 6.10. The number of carbonyl (C=O) groups excluding carboxylic acids is 1. The van der Waals surface area contributed by atoms with Gasteiger partial charge >= 0.3 is 6.16 Å². The van der Waals surface area contributed by atoms with E-state index in [0.29, 0.717) is 0 Å². The number of rotatable bonds is 2. The van der Waals surface area contributed by atoms with E-state index in [1.807, 2.05) is 60.7 Å². The molecule has 0 aromatic heterocycles. The van der Waals surface area contributed by atoms with Crippen molar-refractivity contribution < 1.29 is 14.3 Å². The molecule has 26 heavy (non-hydrogen) atoms. The Bertz CT molecular complexity index is 784. The smallest absolute Gasteiger partial charge is 0.415 e. The molecule has 3 heteroatoms. The molecule has 0 spiro atoms. The molecule has 0 saturated carbocycles. The van der Waals surface area contributed by atoms with Crippen molar-refractivity contribution in [2.75, 3.05) is 0 Å². The van der Waals surface area contributed by atoms with Crippen molar-refractivity contribution in [1.82, 2.24) is 0 Å². The van der Waals surface area contributed by atoms with Gasteiger partial charge in [-0.25, -0.2) is 4.79 Å². The van der Waals surface area contributed by atoms with Gasteiger partial charge in [-0.3, -0.25) is 0 Å². The van der Waals surface area contributed by atoms with Crippen molar-refractivity contribution in [3.05, 3.63) is 71.8 Å². The van der Waals surface area contributed by atoms with Crippen LogP contribution in [0.5, 0.6) is 0 Å². The van der Waals surface area contributed by atoms with Gasteiger partial charge in [0.15, 0.2) is 11.2 Å². The third-order valence-corrected chi connectivity index (χ3v) is 3.24. The van der Waals surface area contributed by atoms with Crippen LogP contribution >= 0.6 is 0 Å². The van der Waals surface area contributed by atoms with Crippen LogP contribution in [-0.4, -0.2) is 17.4 Å². The fraction of sp³-hybridized carbons (Fsp3) is 0.261. The number of ether oxygens (including phenoxy) is 2. The number of hydrogen-bond donors (Lipinski definition) is 0. The average molecular weight is 346 g/mol. The summed E-state index contributed by atoms with van der Waals surface area (Å²) in [5.41, 5.74) is -0.246. The van der Waals surface area contributed by atoms with Gasteiger partial charge in [0.05, 0.1) is 0 Å². The summed E-state index contributed by atoms with van der Waals surface area (Å²) < 4.78 is 10.7. The largest absolute Gasteiger partial charge is 0.511 e. The van der Waals surface area contributed by atoms with E-state index < -0.39 is 17.4 Å². The predicted octanol–water partition coefficient (Wildman–Crippen LogP) is 4.80. The molecule has 0 aliphatic carbocycles. The fourth-order valence-electron chi connectivity index (χ4n) is 1.98. The van der Waals surface area contributed by atoms with E-state index in [-0.39, 0.29) is 0 Å². The van der Waals surface area contributed by atoms with Gasteiger partial charge in [-0.15, -0.1) is 0 Å². The SMILES string of the molecule is CC(C)(C#Cc1ccccc1)OC(=O)OC(C)(C)C#Cc1ccccc1. The van der Waals surface area contributed by atoms with Crippen LogP contribution in [-0.2, 0) is 9.47 Å². The molecule has 0 N–H and O–H groups in total. The Hall–Kier alpha value is -3.17. The molecule has 132 valence electrons. The van der Waals surface area contributed by atoms with Crippen molar-refractivity contribution in [1.29, 1.82) is 0 Å². The normalized spacial score (nSPS) is 10.6. The zero-order chi connectivity index (χ0) is 19.0. The van der Waals surface area contributed by atoms with Gasteiger partial charge in [0.2, 0.25) is 0 Å². The van der Waals surface area contributed by atoms with E-state index >= 15 is 0 Å². The lowest BCUT2D eigenvalue weighted by Crippen LogP contribution is -2.32. The van der Waals surface area contributed by atoms with Gasteiger partial charge in [-0.05, 0) is 52.0 Å². The standard InChI is InChI=1S/C23H22O3/c1-22(2,17-15-19-11-7-5-8-12-19)25-21(24)26-23(3,4)18-16-20-13-9-6-10-14-20/h5-14H,1-4H3. The van der Waals surface area contributed by atoms with Crippen LogP contribution in [0.15, 0.2) is 60.7 Å². The third-order valence-electron chi connectivity index (χ3n) is 3.24. The molecule has 2 rings (SSSR count). The minimum absolute atomic E-state index is 0.801. The topological polar surface area (TPSA) is 35.5 Å². The molecule has 0 atom stereocenters. The van der Waals surface area contributed by atoms with Crippen molar-refractivity contribution in [2.45, 2.75) is 38.9 Å². The van der Waals surface area contributed by atoms with Gasteiger partial charge in [0, 0.05) is 11.1 Å². The Morgan fingerprint density at radius 1 is 0.692 bits per heavy atom. The van der Waals surface area contributed by atoms with E-state index in [9.17, 15) is 4.79 Å². The highest BCUT2D eigenvalue weighted by Crippen LogP contribution is 2.15. The number of benzene rings is 2. The average Bonchev–Trinajstić information content (AvgIpc) is 2.59. The molecule has 0 bridgehead atoms. The first kappa shape index (κ1) is 19.2. The fourth-order valence-corrected chi connectivity index (χ4v) is 1.98. The summed E-state index contributed by atoms with van der Waals surface area (Å²) in [6, 6.07) is 19.0. The maximum absolute atomic E-state index is 12.1. The summed E-state index contributed by atoms with van der Waals surface area (Å²) in [4.78, 5) is 12.1. The molecule has 2 aromatic carbocycles. The minimum atomic E-state index is -0.976. The molecule has 0 aliphatic heterocycles. The zero-order valence-corrected chi connectivity index (χ0v) is 15.5. The minimum Gasteiger partial charge on any atom is -0.415 e. The lowest BCUT2D eigenvalue weighted by Gasteiger charge is -2.23. The van der Waals surface area contributed by atoms with Gasteiger partial charge in [0.25, 0.3) is 0 Å². The molecule has 0 heterocycles. The van der Waals surface area contributed by atoms with Crippen LogP contribution in [0.4, 0.5) is 4.79 Å². The maximum atomic E-state index is 12.1. The van der Waals surface area contributed by atoms with Gasteiger partial charge < -0.3 is 9.47 Å². The predicted molar refractivity (Wildman–Crippen MR) is 102 cm³/mol. The molecule has 0 aliphatic rings. The van der Waals surface area contributed by atoms with E-state index in [4.69, 9.17) is 9.47 Å². The van der Waals surface area contributed by atoms with E-state index in [1.165, 1.54) is 0 Å². The van der Waals surface area contributed by atoms with E-state index in [0.717, 1.165) is 11.1 Å². The lowest BCUT2D eigenvalue weighted by atomic mass is 10.1. The Labute approximate surface area is 155 Å². The summed E-state index contributed by atoms with van der Waals surface area (Å²) in [6.07, 6.45) is -0.801. The molecular weight excluding hydrogens is 324 g/mol. The summed E-state index contributed by atoms with van der Waals surface area (Å²) in [5, 5.41) is 0. The van der Waals surface area contributed by atoms with Crippen LogP contribution in [0.1, 0.15) is 38.8 Å². The molecule has 2 aromatic rings. The Balaban J connectivity index is 1.98. The summed E-state index contributed by atoms with van der Waals surface area (Å²) in [5.74, 6) is 11.9. The van der Waals surface area contributed by atoms with Crippen molar-refractivity contribution in [3.8, 4) is 23.7 Å². The van der Waals surface area contributed by atoms with Crippen LogP contribution in [0.3, 0.4) is 0 Å².